The number of para-hydroxylation sites is 2. The SMILES string of the molecule is C.C.COc1cc(NC(=O)C(=O)c2c(C)n(Cc3ccc(Cl)cc3)c3cc(C)sc23)ccn1.COc1cc(NC(=O)C(=O)c2cc(C)n(Cc3ccc(Cl)cc3)c2C)ccn1.Cc1cc(C(=O)C(=O)Nc2ccccc2)c(C)n1Cc1ccc(Cl)cc1.Cc1cc(C(=O)C(=O)Nc2cccnc2)c(C)n1Cc1ccc(Cl)cc1.Cc1cc2c(s1)c(C(=O)C(=O)Nc1ccccc1)c(C)n2Cc1ccc(Cl)cc1. The molecule has 142 heavy (non-hydrogen) atoms. The first-order chi connectivity index (χ1) is 67.1. The molecule has 728 valence electrons. The van der Waals surface area contributed by atoms with E-state index in [0.29, 0.717) is 126 Å². The van der Waals surface area contributed by atoms with Crippen molar-refractivity contribution in [2.45, 2.75) is 117 Å². The number of thiophene rings is 2. The highest BCUT2D eigenvalue weighted by Crippen LogP contribution is 2.38. The number of ketones is 5. The number of carbonyl (C=O) groups excluding carboxylic acids is 10. The van der Waals surface area contributed by atoms with Crippen molar-refractivity contribution in [1.82, 2.24) is 37.8 Å². The summed E-state index contributed by atoms with van der Waals surface area (Å²) < 4.78 is 21.9. The van der Waals surface area contributed by atoms with Gasteiger partial charge in [-0.25, -0.2) is 9.97 Å². The van der Waals surface area contributed by atoms with Crippen LogP contribution in [0.2, 0.25) is 25.1 Å². The predicted molar refractivity (Wildman–Crippen MR) is 570 cm³/mol. The maximum absolute atomic E-state index is 13.2. The Bertz CT molecular complexity index is 7300. The van der Waals surface area contributed by atoms with Crippen LogP contribution in [0.5, 0.6) is 11.8 Å². The van der Waals surface area contributed by atoms with Crippen molar-refractivity contribution in [3.8, 4) is 11.8 Å². The van der Waals surface area contributed by atoms with Crippen LogP contribution in [0.15, 0.2) is 274 Å². The van der Waals surface area contributed by atoms with Gasteiger partial charge in [0.1, 0.15) is 0 Å². The summed E-state index contributed by atoms with van der Waals surface area (Å²) in [4.78, 5) is 141. The number of rotatable bonds is 27. The Labute approximate surface area is 855 Å². The molecule has 25 nitrogen and oxygen atoms in total. The number of pyridine rings is 3. The lowest BCUT2D eigenvalue weighted by Crippen LogP contribution is -2.23. The summed E-state index contributed by atoms with van der Waals surface area (Å²) in [6, 6.07) is 74.9. The monoisotopic (exact) mass is 2040 g/mol. The van der Waals surface area contributed by atoms with E-state index in [1.807, 2.05) is 235 Å². The van der Waals surface area contributed by atoms with Gasteiger partial charge in [-0.2, -0.15) is 0 Å². The van der Waals surface area contributed by atoms with E-state index < -0.39 is 58.5 Å². The largest absolute Gasteiger partial charge is 0.481 e. The van der Waals surface area contributed by atoms with Crippen molar-refractivity contribution in [3.05, 3.63) is 410 Å². The van der Waals surface area contributed by atoms with Crippen LogP contribution in [0, 0.1) is 69.2 Å². The van der Waals surface area contributed by atoms with E-state index in [-0.39, 0.29) is 14.9 Å². The molecular formula is C110H104Cl5N13O12S2. The number of anilines is 5. The van der Waals surface area contributed by atoms with Gasteiger partial charge < -0.3 is 58.9 Å². The second-order valence-electron chi connectivity index (χ2n) is 32.5. The normalized spacial score (nSPS) is 10.6. The standard InChI is InChI=1S/C23H20ClN3O3S.C23H19ClN2O2S.C21H20ClN3O3.C21H19ClN2O2.C20H18ClN3O2.2CH4/c1-13-10-18-22(31-13)20(14(2)27(18)12-15-4-6-16(24)7-5-15)21(28)23(29)26-17-8-9-25-19(11-17)30-3;1-14-12-19-22(29-14)20(21(27)23(28)25-18-6-4-3-5-7-18)15(2)26(19)13-16-8-10-17(24)11-9-16;1-13-10-18(14(2)25(13)12-15-4-6-16(22)7-5-15)20(26)21(27)24-17-8-9-23-19(11-17)28-3;1-14-12-19(20(25)21(26)23-18-6-4-3-5-7-18)15(2)24(14)13-16-8-10-17(22)11-9-16;1-13-10-18(19(25)20(26)23-17-4-3-9-22-11-17)14(2)24(13)12-15-5-7-16(21)8-6-15;;/h4-11H,12H2,1-3H3,(H,25,26,29);3-12H,13H2,1-2H3,(H,25,28);4-11H,12H2,1-3H3,(H,23,24,27);3-12H,13H2,1-2H3,(H,23,26);3-11H,12H2,1-2H3,(H,23,26);2*1H4. The minimum Gasteiger partial charge on any atom is -0.481 e. The van der Waals surface area contributed by atoms with Crippen LogP contribution >= 0.6 is 80.7 Å². The van der Waals surface area contributed by atoms with Crippen LogP contribution in [0.3, 0.4) is 0 Å². The minimum absolute atomic E-state index is 0. The number of aromatic nitrogens is 8. The molecule has 0 saturated carbocycles. The fraction of sp³-hybridized carbons (Fsp3) is 0.173. The van der Waals surface area contributed by atoms with E-state index in [4.69, 9.17) is 67.5 Å². The van der Waals surface area contributed by atoms with Crippen molar-refractivity contribution in [2.24, 2.45) is 0 Å². The van der Waals surface area contributed by atoms with E-state index in [1.54, 1.807) is 97.2 Å². The summed E-state index contributed by atoms with van der Waals surface area (Å²) in [5.74, 6) is -5.43. The van der Waals surface area contributed by atoms with Gasteiger partial charge in [0.2, 0.25) is 11.8 Å². The number of ether oxygens (including phenoxy) is 2. The number of nitrogens with one attached hydrogen (secondary N) is 5. The Balaban J connectivity index is 0.000000169. The number of hydrogen-bond donors (Lipinski definition) is 5. The maximum atomic E-state index is 13.2. The molecule has 10 aromatic heterocycles. The lowest BCUT2D eigenvalue weighted by Gasteiger charge is -2.10. The van der Waals surface area contributed by atoms with Gasteiger partial charge in [-0.05, 0) is 237 Å². The number of benzene rings is 7. The molecule has 17 aromatic rings. The third kappa shape index (κ3) is 27.0. The molecule has 0 fully saturated rings. The Morgan fingerprint density at radius 1 is 0.296 bits per heavy atom. The van der Waals surface area contributed by atoms with E-state index in [1.165, 1.54) is 55.5 Å². The first kappa shape index (κ1) is 107. The molecule has 0 aliphatic heterocycles. The van der Waals surface area contributed by atoms with Crippen molar-refractivity contribution in [3.63, 3.8) is 0 Å². The first-order valence-corrected chi connectivity index (χ1v) is 47.3. The van der Waals surface area contributed by atoms with Gasteiger partial charge in [-0.1, -0.05) is 170 Å². The quantitative estimate of drug-likeness (QED) is 0.0236. The van der Waals surface area contributed by atoms with Crippen LogP contribution in [0.1, 0.15) is 150 Å². The van der Waals surface area contributed by atoms with Crippen LogP contribution in [-0.4, -0.2) is 110 Å². The van der Waals surface area contributed by atoms with Crippen LogP contribution in [0.4, 0.5) is 28.4 Å². The number of carbonyl (C=O) groups is 10. The van der Waals surface area contributed by atoms with Crippen LogP contribution in [-0.2, 0) is 56.7 Å². The molecule has 7 aromatic carbocycles. The van der Waals surface area contributed by atoms with E-state index in [2.05, 4.69) is 56.7 Å². The average Bonchev–Trinajstić information content (AvgIpc) is 1.61. The fourth-order valence-corrected chi connectivity index (χ4v) is 18.4. The summed E-state index contributed by atoms with van der Waals surface area (Å²) in [6.07, 6.45) is 6.10. The molecule has 0 bridgehead atoms. The zero-order valence-electron chi connectivity index (χ0n) is 78.2. The lowest BCUT2D eigenvalue weighted by molar-refractivity contribution is -0.113. The Morgan fingerprint density at radius 2 is 0.563 bits per heavy atom. The molecule has 0 aliphatic carbocycles. The Morgan fingerprint density at radius 3 is 0.845 bits per heavy atom. The zero-order chi connectivity index (χ0) is 100. The highest BCUT2D eigenvalue weighted by molar-refractivity contribution is 7.20. The van der Waals surface area contributed by atoms with Crippen LogP contribution < -0.4 is 36.1 Å². The van der Waals surface area contributed by atoms with E-state index in [0.717, 1.165) is 104 Å². The molecule has 0 aliphatic rings. The number of amides is 5. The number of hydrogen-bond acceptors (Lipinski definition) is 17. The summed E-state index contributed by atoms with van der Waals surface area (Å²) in [6.45, 7) is 22.0. The van der Waals surface area contributed by atoms with Gasteiger partial charge in [-0.15, -0.1) is 22.7 Å². The fourth-order valence-electron chi connectivity index (χ4n) is 15.6. The summed E-state index contributed by atoms with van der Waals surface area (Å²) >= 11 is 32.8. The van der Waals surface area contributed by atoms with Gasteiger partial charge in [0.05, 0.1) is 57.7 Å². The van der Waals surface area contributed by atoms with Gasteiger partial charge in [0.15, 0.2) is 0 Å². The van der Waals surface area contributed by atoms with E-state index in [9.17, 15) is 47.9 Å². The highest BCUT2D eigenvalue weighted by atomic mass is 35.5. The molecule has 10 heterocycles. The van der Waals surface area contributed by atoms with Crippen LogP contribution in [0.25, 0.3) is 20.4 Å². The maximum Gasteiger partial charge on any atom is 0.296 e. The molecule has 0 radical (unpaired) electrons. The third-order valence-electron chi connectivity index (χ3n) is 22.8. The second kappa shape index (κ2) is 49.3. The van der Waals surface area contributed by atoms with Gasteiger partial charge in [-0.3, -0.25) is 52.9 Å². The number of nitrogens with zero attached hydrogens (tertiary/aromatic N) is 8. The Kier molecular flexibility index (Phi) is 37.3. The number of aryl methyl sites for hydroxylation is 5. The molecule has 0 saturated heterocycles. The van der Waals surface area contributed by atoms with Crippen molar-refractivity contribution < 1.29 is 57.4 Å². The highest BCUT2D eigenvalue weighted by Gasteiger charge is 2.31. The Hall–Kier alpha value is -14.9. The average molecular weight is 2040 g/mol. The summed E-state index contributed by atoms with van der Waals surface area (Å²) in [5.41, 5.74) is 18.4. The summed E-state index contributed by atoms with van der Waals surface area (Å²) in [7, 11) is 2.97. The molecule has 17 rings (SSSR count). The number of fused-ring (bicyclic) bond motifs is 2. The van der Waals surface area contributed by atoms with Crippen molar-refractivity contribution in [1.29, 1.82) is 0 Å². The lowest BCUT2D eigenvalue weighted by atomic mass is 10.1. The molecule has 5 amide bonds. The predicted octanol–water partition coefficient (Wildman–Crippen LogP) is 25.0. The topological polar surface area (TPSA) is 313 Å². The summed E-state index contributed by atoms with van der Waals surface area (Å²) in [5, 5.41) is 16.5. The second-order valence-corrected chi connectivity index (χ2v) is 37.2. The number of Topliss-reactive ketones (excluding diaryl/α,β-unsaturated/α-hetero) is 5. The van der Waals surface area contributed by atoms with Gasteiger partial charge in [0, 0.05) is 183 Å². The molecule has 0 atom stereocenters. The zero-order valence-corrected chi connectivity index (χ0v) is 83.6. The third-order valence-corrected chi connectivity index (χ3v) is 26.2. The van der Waals surface area contributed by atoms with E-state index >= 15 is 0 Å². The van der Waals surface area contributed by atoms with Gasteiger partial charge in [0.25, 0.3) is 58.5 Å². The first-order valence-electron chi connectivity index (χ1n) is 43.8. The molecule has 0 spiro atoms. The number of methoxy groups -OCH3 is 2. The molecule has 0 unspecified atom stereocenters. The number of halogens is 5. The minimum atomic E-state index is -0.708. The van der Waals surface area contributed by atoms with Crippen molar-refractivity contribution >= 4 is 188 Å². The molecular weight excluding hydrogens is 1940 g/mol. The van der Waals surface area contributed by atoms with Crippen molar-refractivity contribution in [2.75, 3.05) is 40.8 Å². The van der Waals surface area contributed by atoms with Gasteiger partial charge >= 0.3 is 0 Å². The molecule has 5 N–H and O–H groups in total. The smallest absolute Gasteiger partial charge is 0.296 e. The molecule has 32 heteroatoms.